The maximum absolute atomic E-state index is 11.0. The van der Waals surface area contributed by atoms with Gasteiger partial charge in [-0.2, -0.15) is 5.26 Å². The zero-order valence-electron chi connectivity index (χ0n) is 10.5. The molecule has 0 heterocycles. The maximum Gasteiger partial charge on any atom is 0.312 e. The van der Waals surface area contributed by atoms with Crippen LogP contribution in [0, 0.1) is 21.4 Å². The average molecular weight is 287 g/mol. The lowest BCUT2D eigenvalue weighted by Gasteiger charge is -2.17. The van der Waals surface area contributed by atoms with Gasteiger partial charge < -0.3 is 14.2 Å². The minimum Gasteiger partial charge on any atom is -0.489 e. The fourth-order valence-corrected chi connectivity index (χ4v) is 1.88. The van der Waals surface area contributed by atoms with Gasteiger partial charge in [-0.05, 0) is 0 Å². The van der Waals surface area contributed by atoms with E-state index in [1.807, 2.05) is 0 Å². The summed E-state index contributed by atoms with van der Waals surface area (Å²) in [6.45, 7) is 0. The molecule has 0 aromatic heterocycles. The Kier molecular flexibility index (Phi) is 5.06. The predicted molar refractivity (Wildman–Crippen MR) is 66.1 cm³/mol. The average Bonchev–Trinajstić information content (AvgIpc) is 2.40. The van der Waals surface area contributed by atoms with Crippen LogP contribution in [-0.2, 0) is 9.47 Å². The van der Waals surface area contributed by atoms with Crippen LogP contribution < -0.4 is 4.74 Å². The van der Waals surface area contributed by atoms with Crippen LogP contribution in [0.25, 0.3) is 0 Å². The van der Waals surface area contributed by atoms with Gasteiger partial charge in [-0.15, -0.1) is 0 Å². The fraction of sp³-hybridized carbons (Fsp3) is 0.364. The molecule has 8 heteroatoms. The minimum absolute atomic E-state index is 0.00125. The lowest BCUT2D eigenvalue weighted by Crippen LogP contribution is -2.07. The summed E-state index contributed by atoms with van der Waals surface area (Å²) in [5.74, 6) is -0.188. The zero-order valence-corrected chi connectivity index (χ0v) is 11.2. The molecule has 0 aliphatic carbocycles. The monoisotopic (exact) mass is 286 g/mol. The maximum atomic E-state index is 11.0. The van der Waals surface area contributed by atoms with E-state index < -0.39 is 11.2 Å². The van der Waals surface area contributed by atoms with Crippen molar-refractivity contribution in [2.24, 2.45) is 0 Å². The topological polar surface area (TPSA) is 94.6 Å². The van der Waals surface area contributed by atoms with E-state index >= 15 is 0 Å². The molecule has 0 radical (unpaired) electrons. The highest BCUT2D eigenvalue weighted by atomic mass is 35.5. The first-order valence-electron chi connectivity index (χ1n) is 5.02. The number of methoxy groups -OCH3 is 3. The Hall–Kier alpha value is -1.88. The Morgan fingerprint density at radius 1 is 1.42 bits per heavy atom. The molecule has 0 unspecified atom stereocenters. The van der Waals surface area contributed by atoms with Gasteiger partial charge in [0.05, 0.1) is 17.1 Å². The lowest BCUT2D eigenvalue weighted by molar-refractivity contribution is -0.385. The lowest BCUT2D eigenvalue weighted by atomic mass is 10.1. The summed E-state index contributed by atoms with van der Waals surface area (Å²) in [4.78, 5) is 10.3. The van der Waals surface area contributed by atoms with Crippen LogP contribution in [0.4, 0.5) is 5.69 Å². The molecule has 0 aliphatic heterocycles. The number of hydrogen-bond acceptors (Lipinski definition) is 6. The first-order valence-corrected chi connectivity index (χ1v) is 5.40. The summed E-state index contributed by atoms with van der Waals surface area (Å²) in [5.41, 5.74) is -0.319. The van der Waals surface area contributed by atoms with Crippen LogP contribution in [0.15, 0.2) is 6.07 Å². The van der Waals surface area contributed by atoms with E-state index in [1.54, 1.807) is 6.07 Å². The van der Waals surface area contributed by atoms with Crippen LogP contribution in [0.1, 0.15) is 17.4 Å². The smallest absolute Gasteiger partial charge is 0.312 e. The number of nitro benzene ring substituents is 1. The number of nitriles is 1. The normalized spacial score (nSPS) is 10.3. The minimum atomic E-state index is -0.913. The van der Waals surface area contributed by atoms with Crippen molar-refractivity contribution in [1.82, 2.24) is 0 Å². The molecule has 0 fully saturated rings. The molecule has 1 aromatic rings. The van der Waals surface area contributed by atoms with E-state index in [1.165, 1.54) is 27.4 Å². The number of nitrogens with zero attached hydrogens (tertiary/aromatic N) is 2. The molecule has 0 amide bonds. The standard InChI is InChI=1S/C11H11ClN2O5/c1-17-10-7(5-13)9(12)6(11(18-2)19-3)4-8(10)14(15)16/h4,11H,1-3H3. The summed E-state index contributed by atoms with van der Waals surface area (Å²) in [6.07, 6.45) is -0.913. The van der Waals surface area contributed by atoms with Crippen LogP contribution in [0.3, 0.4) is 0 Å². The summed E-state index contributed by atoms with van der Waals surface area (Å²) < 4.78 is 14.9. The van der Waals surface area contributed by atoms with Crippen molar-refractivity contribution in [2.45, 2.75) is 6.29 Å². The van der Waals surface area contributed by atoms with Gasteiger partial charge >= 0.3 is 5.69 Å². The second-order valence-electron chi connectivity index (χ2n) is 3.38. The zero-order chi connectivity index (χ0) is 14.6. The second-order valence-corrected chi connectivity index (χ2v) is 3.76. The molecular weight excluding hydrogens is 276 g/mol. The van der Waals surface area contributed by atoms with Crippen molar-refractivity contribution in [3.63, 3.8) is 0 Å². The van der Waals surface area contributed by atoms with Gasteiger partial charge in [0, 0.05) is 25.8 Å². The van der Waals surface area contributed by atoms with E-state index in [0.29, 0.717) is 0 Å². The third kappa shape index (κ3) is 2.76. The first-order chi connectivity index (χ1) is 9.01. The highest BCUT2D eigenvalue weighted by Crippen LogP contribution is 2.40. The van der Waals surface area contributed by atoms with Gasteiger partial charge in [-0.1, -0.05) is 11.6 Å². The van der Waals surface area contributed by atoms with Gasteiger partial charge in [-0.25, -0.2) is 0 Å². The van der Waals surface area contributed by atoms with Crippen molar-refractivity contribution < 1.29 is 19.1 Å². The van der Waals surface area contributed by atoms with Crippen molar-refractivity contribution >= 4 is 17.3 Å². The number of ether oxygens (including phenoxy) is 3. The molecule has 1 rings (SSSR count). The third-order valence-corrected chi connectivity index (χ3v) is 2.83. The summed E-state index contributed by atoms with van der Waals surface area (Å²) >= 11 is 6.04. The molecule has 0 saturated heterocycles. The highest BCUT2D eigenvalue weighted by molar-refractivity contribution is 6.33. The van der Waals surface area contributed by atoms with Crippen molar-refractivity contribution in [1.29, 1.82) is 5.26 Å². The number of nitro groups is 1. The Morgan fingerprint density at radius 3 is 2.37 bits per heavy atom. The molecule has 102 valence electrons. The quantitative estimate of drug-likeness (QED) is 0.468. The summed E-state index contributed by atoms with van der Waals surface area (Å²) in [5, 5.41) is 20.1. The Morgan fingerprint density at radius 2 is 2.00 bits per heavy atom. The van der Waals surface area contributed by atoms with E-state index in [-0.39, 0.29) is 27.6 Å². The predicted octanol–water partition coefficient (Wildman–Crippen LogP) is 2.42. The summed E-state index contributed by atoms with van der Waals surface area (Å²) in [6, 6.07) is 2.95. The van der Waals surface area contributed by atoms with Crippen molar-refractivity contribution in [3.05, 3.63) is 32.3 Å². The molecule has 7 nitrogen and oxygen atoms in total. The van der Waals surface area contributed by atoms with E-state index in [9.17, 15) is 10.1 Å². The van der Waals surface area contributed by atoms with Crippen LogP contribution in [0.2, 0.25) is 5.02 Å². The van der Waals surface area contributed by atoms with Crippen LogP contribution in [-0.4, -0.2) is 26.3 Å². The Labute approximate surface area is 114 Å². The largest absolute Gasteiger partial charge is 0.489 e. The molecule has 0 atom stereocenters. The molecule has 0 bridgehead atoms. The molecule has 0 N–H and O–H groups in total. The van der Waals surface area contributed by atoms with E-state index in [4.69, 9.17) is 31.1 Å². The van der Waals surface area contributed by atoms with Gasteiger partial charge in [0.1, 0.15) is 11.6 Å². The number of benzene rings is 1. The van der Waals surface area contributed by atoms with Crippen LogP contribution >= 0.6 is 11.6 Å². The third-order valence-electron chi connectivity index (χ3n) is 2.42. The van der Waals surface area contributed by atoms with Gasteiger partial charge in [0.15, 0.2) is 6.29 Å². The molecular formula is C11H11ClN2O5. The summed E-state index contributed by atoms with van der Waals surface area (Å²) in [7, 11) is 3.93. The first kappa shape index (κ1) is 15.2. The number of hydrogen-bond donors (Lipinski definition) is 0. The van der Waals surface area contributed by atoms with Crippen LogP contribution in [0.5, 0.6) is 5.75 Å². The second kappa shape index (κ2) is 6.33. The molecule has 0 aliphatic rings. The molecule has 0 spiro atoms. The van der Waals surface area contributed by atoms with E-state index in [0.717, 1.165) is 0 Å². The fourth-order valence-electron chi connectivity index (χ4n) is 1.61. The number of rotatable bonds is 5. The SMILES string of the molecule is COc1c([N+](=O)[O-])cc(C(OC)OC)c(Cl)c1C#N. The Bertz CT molecular complexity index is 537. The molecule has 19 heavy (non-hydrogen) atoms. The van der Waals surface area contributed by atoms with Crippen molar-refractivity contribution in [2.75, 3.05) is 21.3 Å². The number of halogens is 1. The Balaban J connectivity index is 3.65. The molecule has 0 saturated carbocycles. The highest BCUT2D eigenvalue weighted by Gasteiger charge is 2.28. The van der Waals surface area contributed by atoms with Gasteiger partial charge in [0.25, 0.3) is 0 Å². The molecule has 1 aromatic carbocycles. The van der Waals surface area contributed by atoms with Gasteiger partial charge in [-0.3, -0.25) is 10.1 Å². The van der Waals surface area contributed by atoms with E-state index in [2.05, 4.69) is 0 Å². The van der Waals surface area contributed by atoms with Crippen molar-refractivity contribution in [3.8, 4) is 11.8 Å². The van der Waals surface area contributed by atoms with Gasteiger partial charge in [0.2, 0.25) is 5.75 Å².